The third-order valence-electron chi connectivity index (χ3n) is 4.88. The number of carbonyl (C=O) groups is 3. The van der Waals surface area contributed by atoms with Crippen molar-refractivity contribution in [3.8, 4) is 0 Å². The predicted molar refractivity (Wildman–Crippen MR) is 90.3 cm³/mol. The summed E-state index contributed by atoms with van der Waals surface area (Å²) in [5.74, 6) is -0.344. The maximum atomic E-state index is 12.5. The second kappa shape index (κ2) is 7.03. The van der Waals surface area contributed by atoms with Crippen LogP contribution in [0.3, 0.4) is 0 Å². The highest BCUT2D eigenvalue weighted by atomic mass is 16.2. The third kappa shape index (κ3) is 3.27. The van der Waals surface area contributed by atoms with Gasteiger partial charge in [0.05, 0.1) is 0 Å². The Balaban J connectivity index is 1.60. The number of para-hydroxylation sites is 1. The molecule has 3 amide bonds. The van der Waals surface area contributed by atoms with E-state index in [0.29, 0.717) is 32.4 Å². The van der Waals surface area contributed by atoms with Gasteiger partial charge in [-0.05, 0) is 37.8 Å². The molecule has 2 heterocycles. The largest absolute Gasteiger partial charge is 0.354 e. The smallest absolute Gasteiger partial charge is 0.242 e. The first-order chi connectivity index (χ1) is 11.6. The molecule has 1 saturated heterocycles. The fraction of sp³-hybridized carbons (Fsp3) is 0.500. The molecule has 2 unspecified atom stereocenters. The first-order valence-electron chi connectivity index (χ1n) is 8.56. The molecule has 2 aliphatic heterocycles. The number of nitrogens with one attached hydrogen (secondary N) is 2. The van der Waals surface area contributed by atoms with E-state index in [1.165, 1.54) is 0 Å². The van der Waals surface area contributed by atoms with Crippen LogP contribution < -0.4 is 10.6 Å². The number of benzene rings is 1. The van der Waals surface area contributed by atoms with E-state index in [-0.39, 0.29) is 36.1 Å². The van der Waals surface area contributed by atoms with Gasteiger partial charge in [0.1, 0.15) is 6.04 Å². The lowest BCUT2D eigenvalue weighted by Crippen LogP contribution is -2.44. The summed E-state index contributed by atoms with van der Waals surface area (Å²) < 4.78 is 0. The number of rotatable bonds is 5. The molecule has 0 aromatic heterocycles. The lowest BCUT2D eigenvalue weighted by atomic mass is 9.89. The third-order valence-corrected chi connectivity index (χ3v) is 4.88. The lowest BCUT2D eigenvalue weighted by Gasteiger charge is -2.28. The Bertz CT molecular complexity index is 659. The van der Waals surface area contributed by atoms with Gasteiger partial charge >= 0.3 is 0 Å². The van der Waals surface area contributed by atoms with Crippen molar-refractivity contribution in [2.75, 3.05) is 18.4 Å². The molecule has 128 valence electrons. The monoisotopic (exact) mass is 329 g/mol. The SMILES string of the molecule is CCN(C(=O)CCC1Cc2ccccc2NC1=O)C1CCNC1=O. The van der Waals surface area contributed by atoms with Crippen molar-refractivity contribution in [2.45, 2.75) is 38.6 Å². The van der Waals surface area contributed by atoms with Crippen molar-refractivity contribution >= 4 is 23.4 Å². The van der Waals surface area contributed by atoms with Gasteiger partial charge in [-0.1, -0.05) is 18.2 Å². The van der Waals surface area contributed by atoms with Gasteiger partial charge in [-0.15, -0.1) is 0 Å². The van der Waals surface area contributed by atoms with Crippen LogP contribution in [0.15, 0.2) is 24.3 Å². The fourth-order valence-corrected chi connectivity index (χ4v) is 3.54. The quantitative estimate of drug-likeness (QED) is 0.855. The highest BCUT2D eigenvalue weighted by Crippen LogP contribution is 2.27. The number of nitrogens with zero attached hydrogens (tertiary/aromatic N) is 1. The fourth-order valence-electron chi connectivity index (χ4n) is 3.54. The standard InChI is InChI=1S/C18H23N3O3/c1-2-21(15-9-10-19-18(15)24)16(22)8-7-13-11-12-5-3-4-6-14(12)20-17(13)23/h3-6,13,15H,2,7-11H2,1H3,(H,19,24)(H,20,23). The molecule has 6 heteroatoms. The molecular weight excluding hydrogens is 306 g/mol. The molecule has 0 radical (unpaired) electrons. The summed E-state index contributed by atoms with van der Waals surface area (Å²) in [5, 5.41) is 5.68. The van der Waals surface area contributed by atoms with Crippen LogP contribution in [0.25, 0.3) is 0 Å². The number of carbonyl (C=O) groups excluding carboxylic acids is 3. The first kappa shape index (κ1) is 16.5. The lowest BCUT2D eigenvalue weighted by molar-refractivity contribution is -0.139. The molecule has 3 rings (SSSR count). The summed E-state index contributed by atoms with van der Waals surface area (Å²) in [6.07, 6.45) is 2.11. The van der Waals surface area contributed by atoms with E-state index in [0.717, 1.165) is 11.3 Å². The summed E-state index contributed by atoms with van der Waals surface area (Å²) >= 11 is 0. The van der Waals surface area contributed by atoms with Crippen LogP contribution in [-0.4, -0.2) is 41.8 Å². The van der Waals surface area contributed by atoms with Gasteiger partial charge in [0.2, 0.25) is 17.7 Å². The highest BCUT2D eigenvalue weighted by Gasteiger charge is 2.33. The van der Waals surface area contributed by atoms with Crippen molar-refractivity contribution < 1.29 is 14.4 Å². The minimum absolute atomic E-state index is 0.0249. The number of hydrogen-bond acceptors (Lipinski definition) is 3. The molecule has 1 aromatic rings. The first-order valence-corrected chi connectivity index (χ1v) is 8.56. The number of fused-ring (bicyclic) bond motifs is 1. The Labute approximate surface area is 141 Å². The Kier molecular flexibility index (Phi) is 4.83. The number of hydrogen-bond donors (Lipinski definition) is 2. The van der Waals surface area contributed by atoms with E-state index in [4.69, 9.17) is 0 Å². The van der Waals surface area contributed by atoms with Crippen LogP contribution in [0, 0.1) is 5.92 Å². The minimum atomic E-state index is -0.358. The molecule has 1 fully saturated rings. The van der Waals surface area contributed by atoms with Gasteiger partial charge in [0.25, 0.3) is 0 Å². The van der Waals surface area contributed by atoms with Crippen molar-refractivity contribution in [3.05, 3.63) is 29.8 Å². The molecule has 24 heavy (non-hydrogen) atoms. The Morgan fingerprint density at radius 3 is 2.75 bits per heavy atom. The van der Waals surface area contributed by atoms with Gasteiger partial charge < -0.3 is 15.5 Å². The van der Waals surface area contributed by atoms with E-state index in [9.17, 15) is 14.4 Å². The zero-order valence-corrected chi connectivity index (χ0v) is 13.9. The topological polar surface area (TPSA) is 78.5 Å². The molecule has 2 aliphatic rings. The molecule has 1 aromatic carbocycles. The van der Waals surface area contributed by atoms with Crippen molar-refractivity contribution in [1.29, 1.82) is 0 Å². The van der Waals surface area contributed by atoms with Crippen LogP contribution in [-0.2, 0) is 20.8 Å². The molecule has 0 bridgehead atoms. The van der Waals surface area contributed by atoms with Crippen molar-refractivity contribution in [1.82, 2.24) is 10.2 Å². The Hall–Kier alpha value is -2.37. The van der Waals surface area contributed by atoms with Crippen LogP contribution in [0.2, 0.25) is 0 Å². The predicted octanol–water partition coefficient (Wildman–Crippen LogP) is 1.31. The van der Waals surface area contributed by atoms with Crippen molar-refractivity contribution in [2.24, 2.45) is 5.92 Å². The molecule has 0 saturated carbocycles. The van der Waals surface area contributed by atoms with Gasteiger partial charge in [0, 0.05) is 31.1 Å². The number of likely N-dealkylation sites (N-methyl/N-ethyl adjacent to an activating group) is 1. The zero-order chi connectivity index (χ0) is 17.1. The minimum Gasteiger partial charge on any atom is -0.354 e. The second-order valence-electron chi connectivity index (χ2n) is 6.36. The van der Waals surface area contributed by atoms with Gasteiger partial charge in [-0.25, -0.2) is 0 Å². The molecule has 0 aliphatic carbocycles. The van der Waals surface area contributed by atoms with E-state index in [1.807, 2.05) is 31.2 Å². The summed E-state index contributed by atoms with van der Waals surface area (Å²) in [4.78, 5) is 38.2. The summed E-state index contributed by atoms with van der Waals surface area (Å²) in [7, 11) is 0. The zero-order valence-electron chi connectivity index (χ0n) is 13.9. The second-order valence-corrected chi connectivity index (χ2v) is 6.36. The Morgan fingerprint density at radius 1 is 1.25 bits per heavy atom. The van der Waals surface area contributed by atoms with Gasteiger partial charge in [-0.2, -0.15) is 0 Å². The highest BCUT2D eigenvalue weighted by molar-refractivity contribution is 5.96. The van der Waals surface area contributed by atoms with Crippen molar-refractivity contribution in [3.63, 3.8) is 0 Å². The summed E-state index contributed by atoms with van der Waals surface area (Å²) in [6.45, 7) is 3.01. The molecular formula is C18H23N3O3. The maximum Gasteiger partial charge on any atom is 0.242 e. The van der Waals surface area contributed by atoms with Gasteiger partial charge in [0.15, 0.2) is 0 Å². The number of amides is 3. The average Bonchev–Trinajstić information content (AvgIpc) is 2.99. The molecule has 2 N–H and O–H groups in total. The van der Waals surface area contributed by atoms with E-state index in [1.54, 1.807) is 4.90 Å². The van der Waals surface area contributed by atoms with Crippen LogP contribution in [0.4, 0.5) is 5.69 Å². The number of anilines is 1. The Morgan fingerprint density at radius 2 is 2.04 bits per heavy atom. The van der Waals surface area contributed by atoms with E-state index in [2.05, 4.69) is 10.6 Å². The molecule has 2 atom stereocenters. The molecule has 0 spiro atoms. The average molecular weight is 329 g/mol. The van der Waals surface area contributed by atoms with Crippen LogP contribution in [0.5, 0.6) is 0 Å². The summed E-state index contributed by atoms with van der Waals surface area (Å²) in [6, 6.07) is 7.39. The molecule has 6 nitrogen and oxygen atoms in total. The normalized spacial score (nSPS) is 22.5. The van der Waals surface area contributed by atoms with Crippen LogP contribution in [0.1, 0.15) is 31.7 Å². The summed E-state index contributed by atoms with van der Waals surface area (Å²) in [5.41, 5.74) is 1.97. The maximum absolute atomic E-state index is 12.5. The van der Waals surface area contributed by atoms with E-state index < -0.39 is 0 Å². The van der Waals surface area contributed by atoms with E-state index >= 15 is 0 Å². The van der Waals surface area contributed by atoms with Gasteiger partial charge in [-0.3, -0.25) is 14.4 Å². The van der Waals surface area contributed by atoms with Crippen LogP contribution >= 0.6 is 0 Å².